The molecule has 1 fully saturated rings. The Morgan fingerprint density at radius 2 is 2.05 bits per heavy atom. The highest BCUT2D eigenvalue weighted by Gasteiger charge is 2.42. The number of hydrogen-bond donors (Lipinski definition) is 1. The van der Waals surface area contributed by atoms with Crippen molar-refractivity contribution in [1.82, 2.24) is 4.90 Å². The molecule has 2 atom stereocenters. The van der Waals surface area contributed by atoms with E-state index < -0.39 is 18.1 Å². The predicted octanol–water partition coefficient (Wildman–Crippen LogP) is 0.825. The van der Waals surface area contributed by atoms with Crippen LogP contribution in [0.1, 0.15) is 23.7 Å². The monoisotopic (exact) mass is 263 g/mol. The molecule has 19 heavy (non-hydrogen) atoms. The summed E-state index contributed by atoms with van der Waals surface area (Å²) in [7, 11) is 0. The molecule has 1 aliphatic heterocycles. The van der Waals surface area contributed by atoms with Gasteiger partial charge in [0.25, 0.3) is 5.91 Å². The maximum atomic E-state index is 12.3. The first-order chi connectivity index (χ1) is 9.15. The molecule has 2 unspecified atom stereocenters. The smallest absolute Gasteiger partial charge is 0.331 e. The Morgan fingerprint density at radius 3 is 2.68 bits per heavy atom. The van der Waals surface area contributed by atoms with E-state index in [1.165, 1.54) is 4.90 Å². The third-order valence-electron chi connectivity index (χ3n) is 3.18. The third kappa shape index (κ3) is 2.76. The van der Waals surface area contributed by atoms with Crippen LogP contribution >= 0.6 is 0 Å². The number of nitrogens with zero attached hydrogens (tertiary/aromatic N) is 1. The molecule has 1 N–H and O–H groups in total. The number of esters is 1. The van der Waals surface area contributed by atoms with Gasteiger partial charge in [0, 0.05) is 12.1 Å². The fourth-order valence-corrected chi connectivity index (χ4v) is 2.26. The summed E-state index contributed by atoms with van der Waals surface area (Å²) in [6.45, 7) is 2.29. The van der Waals surface area contributed by atoms with Crippen molar-refractivity contribution in [2.45, 2.75) is 25.5 Å². The van der Waals surface area contributed by atoms with Crippen LogP contribution in [0.15, 0.2) is 30.3 Å². The lowest BCUT2D eigenvalue weighted by molar-refractivity contribution is -0.150. The number of amides is 1. The molecule has 0 aromatic heterocycles. The van der Waals surface area contributed by atoms with Gasteiger partial charge in [-0.2, -0.15) is 0 Å². The van der Waals surface area contributed by atoms with E-state index in [9.17, 15) is 14.7 Å². The Morgan fingerprint density at radius 1 is 1.37 bits per heavy atom. The molecule has 1 aromatic rings. The van der Waals surface area contributed by atoms with Crippen molar-refractivity contribution in [3.63, 3.8) is 0 Å². The van der Waals surface area contributed by atoms with E-state index in [2.05, 4.69) is 0 Å². The first-order valence-electron chi connectivity index (χ1n) is 6.36. The van der Waals surface area contributed by atoms with Crippen LogP contribution in [0.3, 0.4) is 0 Å². The van der Waals surface area contributed by atoms with Crippen molar-refractivity contribution in [2.75, 3.05) is 13.2 Å². The summed E-state index contributed by atoms with van der Waals surface area (Å²) in [6, 6.07) is 7.83. The molecule has 1 heterocycles. The number of rotatable bonds is 3. The quantitative estimate of drug-likeness (QED) is 0.820. The summed E-state index contributed by atoms with van der Waals surface area (Å²) in [6.07, 6.45) is -0.464. The lowest BCUT2D eigenvalue weighted by atomic mass is 10.1. The Bertz CT molecular complexity index is 460. The van der Waals surface area contributed by atoms with Crippen LogP contribution in [-0.4, -0.2) is 47.2 Å². The zero-order valence-corrected chi connectivity index (χ0v) is 10.8. The summed E-state index contributed by atoms with van der Waals surface area (Å²) in [5, 5.41) is 9.86. The molecule has 1 saturated heterocycles. The second kappa shape index (κ2) is 5.84. The van der Waals surface area contributed by atoms with Crippen molar-refractivity contribution < 1.29 is 19.4 Å². The Hall–Kier alpha value is -1.88. The fraction of sp³-hybridized carbons (Fsp3) is 0.429. The van der Waals surface area contributed by atoms with Crippen molar-refractivity contribution in [1.29, 1.82) is 0 Å². The van der Waals surface area contributed by atoms with Gasteiger partial charge in [0.15, 0.2) is 6.04 Å². The summed E-state index contributed by atoms with van der Waals surface area (Å²) in [5.74, 6) is -0.799. The van der Waals surface area contributed by atoms with Gasteiger partial charge >= 0.3 is 5.97 Å². The van der Waals surface area contributed by atoms with Crippen LogP contribution in [0, 0.1) is 0 Å². The number of ether oxygens (including phenoxy) is 1. The van der Waals surface area contributed by atoms with Gasteiger partial charge in [-0.1, -0.05) is 18.2 Å². The fourth-order valence-electron chi connectivity index (χ4n) is 2.26. The summed E-state index contributed by atoms with van der Waals surface area (Å²) in [4.78, 5) is 25.5. The number of aliphatic hydroxyl groups excluding tert-OH is 1. The highest BCUT2D eigenvalue weighted by Crippen LogP contribution is 2.21. The van der Waals surface area contributed by atoms with E-state index >= 15 is 0 Å². The molecule has 0 aliphatic carbocycles. The van der Waals surface area contributed by atoms with Gasteiger partial charge in [-0.25, -0.2) is 4.79 Å². The van der Waals surface area contributed by atoms with Crippen molar-refractivity contribution >= 4 is 11.9 Å². The van der Waals surface area contributed by atoms with E-state index in [0.717, 1.165) is 0 Å². The third-order valence-corrected chi connectivity index (χ3v) is 3.18. The highest BCUT2D eigenvalue weighted by molar-refractivity contribution is 5.97. The molecular weight excluding hydrogens is 246 g/mol. The first kappa shape index (κ1) is 13.5. The van der Waals surface area contributed by atoms with Gasteiger partial charge in [-0.15, -0.1) is 0 Å². The maximum absolute atomic E-state index is 12.3. The molecule has 2 rings (SSSR count). The molecule has 0 saturated carbocycles. The zero-order chi connectivity index (χ0) is 13.8. The molecular formula is C14H17NO4. The average molecular weight is 263 g/mol. The molecule has 0 bridgehead atoms. The van der Waals surface area contributed by atoms with Crippen LogP contribution in [0.4, 0.5) is 0 Å². The molecule has 102 valence electrons. The Balaban J connectivity index is 2.19. The van der Waals surface area contributed by atoms with Gasteiger partial charge in [0.1, 0.15) is 0 Å². The summed E-state index contributed by atoms with van der Waals surface area (Å²) < 4.78 is 4.92. The van der Waals surface area contributed by atoms with E-state index in [1.807, 2.05) is 6.07 Å². The molecule has 1 amide bonds. The molecule has 1 aliphatic rings. The van der Waals surface area contributed by atoms with Gasteiger partial charge in [-0.3, -0.25) is 4.79 Å². The summed E-state index contributed by atoms with van der Waals surface area (Å²) >= 11 is 0. The second-order valence-corrected chi connectivity index (χ2v) is 4.42. The van der Waals surface area contributed by atoms with Gasteiger partial charge < -0.3 is 14.7 Å². The maximum Gasteiger partial charge on any atom is 0.331 e. The lowest BCUT2D eigenvalue weighted by Gasteiger charge is -2.24. The molecule has 5 heteroatoms. The topological polar surface area (TPSA) is 66.8 Å². The average Bonchev–Trinajstić information content (AvgIpc) is 2.81. The van der Waals surface area contributed by atoms with Crippen molar-refractivity contribution in [3.05, 3.63) is 35.9 Å². The van der Waals surface area contributed by atoms with Crippen molar-refractivity contribution in [2.24, 2.45) is 0 Å². The normalized spacial score (nSPS) is 22.3. The number of carbonyl (C=O) groups excluding carboxylic acids is 2. The second-order valence-electron chi connectivity index (χ2n) is 4.42. The summed E-state index contributed by atoms with van der Waals surface area (Å²) in [5.41, 5.74) is 0.505. The number of aliphatic hydroxyl groups is 1. The standard InChI is InChI=1S/C14H17NO4/c1-2-19-14(18)12-11(16)8-9-15(12)13(17)10-6-4-3-5-7-10/h3-7,11-12,16H,2,8-9H2,1H3. The van der Waals surface area contributed by atoms with Crippen LogP contribution in [-0.2, 0) is 9.53 Å². The van der Waals surface area contributed by atoms with E-state index in [1.54, 1.807) is 31.2 Å². The Labute approximate surface area is 111 Å². The van der Waals surface area contributed by atoms with Gasteiger partial charge in [-0.05, 0) is 25.5 Å². The van der Waals surface area contributed by atoms with E-state index in [0.29, 0.717) is 18.5 Å². The van der Waals surface area contributed by atoms with E-state index in [-0.39, 0.29) is 12.5 Å². The van der Waals surface area contributed by atoms with E-state index in [4.69, 9.17) is 4.74 Å². The lowest BCUT2D eigenvalue weighted by Crippen LogP contribution is -2.46. The SMILES string of the molecule is CCOC(=O)C1C(O)CCN1C(=O)c1ccccc1. The van der Waals surface area contributed by atoms with Crippen LogP contribution in [0.25, 0.3) is 0 Å². The van der Waals surface area contributed by atoms with Gasteiger partial charge in [0.2, 0.25) is 0 Å². The minimum atomic E-state index is -0.896. The molecule has 0 spiro atoms. The predicted molar refractivity (Wildman–Crippen MR) is 68.5 cm³/mol. The zero-order valence-electron chi connectivity index (χ0n) is 10.8. The number of likely N-dealkylation sites (tertiary alicyclic amines) is 1. The number of carbonyl (C=O) groups is 2. The van der Waals surface area contributed by atoms with Crippen molar-refractivity contribution in [3.8, 4) is 0 Å². The molecule has 1 aromatic carbocycles. The number of benzene rings is 1. The minimum Gasteiger partial charge on any atom is -0.464 e. The highest BCUT2D eigenvalue weighted by atomic mass is 16.5. The van der Waals surface area contributed by atoms with Crippen LogP contribution in [0.2, 0.25) is 0 Å². The Kier molecular flexibility index (Phi) is 4.16. The van der Waals surface area contributed by atoms with Crippen LogP contribution < -0.4 is 0 Å². The van der Waals surface area contributed by atoms with Crippen LogP contribution in [0.5, 0.6) is 0 Å². The largest absolute Gasteiger partial charge is 0.464 e. The molecule has 0 radical (unpaired) electrons. The van der Waals surface area contributed by atoms with Gasteiger partial charge in [0.05, 0.1) is 12.7 Å². The first-order valence-corrected chi connectivity index (χ1v) is 6.36. The minimum absolute atomic E-state index is 0.232. The number of hydrogen-bond acceptors (Lipinski definition) is 4. The molecule has 5 nitrogen and oxygen atoms in total.